The van der Waals surface area contributed by atoms with Crippen LogP contribution in [-0.4, -0.2) is 4.98 Å². The van der Waals surface area contributed by atoms with E-state index in [0.717, 1.165) is 16.3 Å². The van der Waals surface area contributed by atoms with Gasteiger partial charge in [0, 0.05) is 23.4 Å². The summed E-state index contributed by atoms with van der Waals surface area (Å²) in [7, 11) is 0. The number of rotatable bonds is 4. The number of hydrogen-bond acceptors (Lipinski definition) is 3. The zero-order valence-corrected chi connectivity index (χ0v) is 14.3. The molecule has 0 bridgehead atoms. The summed E-state index contributed by atoms with van der Waals surface area (Å²) in [5.74, 6) is 0.907. The summed E-state index contributed by atoms with van der Waals surface area (Å²) >= 11 is 7.86. The Morgan fingerprint density at radius 2 is 1.86 bits per heavy atom. The molecule has 0 amide bonds. The van der Waals surface area contributed by atoms with Crippen LogP contribution in [0.1, 0.15) is 37.6 Å². The second-order valence-electron chi connectivity index (χ2n) is 6.04. The Labute approximate surface area is 136 Å². The van der Waals surface area contributed by atoms with Crippen molar-refractivity contribution in [3.63, 3.8) is 0 Å². The number of benzene rings is 1. The number of thioether (sulfide) groups is 1. The van der Waals surface area contributed by atoms with Crippen LogP contribution in [0.3, 0.4) is 0 Å². The van der Waals surface area contributed by atoms with Gasteiger partial charge in [-0.3, -0.25) is 4.98 Å². The van der Waals surface area contributed by atoms with Gasteiger partial charge in [-0.05, 0) is 22.6 Å². The molecule has 2 nitrogen and oxygen atoms in total. The molecule has 1 aromatic carbocycles. The fourth-order valence-electron chi connectivity index (χ4n) is 1.95. The van der Waals surface area contributed by atoms with Crippen molar-refractivity contribution in [3.8, 4) is 0 Å². The summed E-state index contributed by atoms with van der Waals surface area (Å²) in [4.78, 5) is 5.34. The van der Waals surface area contributed by atoms with Crippen LogP contribution < -0.4 is 5.73 Å². The summed E-state index contributed by atoms with van der Waals surface area (Å²) in [6.45, 7) is 7.05. The molecule has 21 heavy (non-hydrogen) atoms. The summed E-state index contributed by atoms with van der Waals surface area (Å²) in [6, 6.07) is 10.7. The molecule has 0 radical (unpaired) electrons. The van der Waals surface area contributed by atoms with E-state index in [1.54, 1.807) is 11.8 Å². The first-order valence-electron chi connectivity index (χ1n) is 6.97. The van der Waals surface area contributed by atoms with E-state index in [2.05, 4.69) is 50.0 Å². The van der Waals surface area contributed by atoms with E-state index in [9.17, 15) is 0 Å². The van der Waals surface area contributed by atoms with Crippen LogP contribution in [0, 0.1) is 0 Å². The van der Waals surface area contributed by atoms with Crippen molar-refractivity contribution < 1.29 is 0 Å². The Hall–Kier alpha value is -1.03. The van der Waals surface area contributed by atoms with Crippen molar-refractivity contribution in [2.75, 3.05) is 0 Å². The quantitative estimate of drug-likeness (QED) is 0.824. The van der Waals surface area contributed by atoms with Gasteiger partial charge in [0.15, 0.2) is 0 Å². The van der Waals surface area contributed by atoms with E-state index >= 15 is 0 Å². The smallest absolute Gasteiger partial charge is 0.0726 e. The van der Waals surface area contributed by atoms with Gasteiger partial charge >= 0.3 is 0 Å². The largest absolute Gasteiger partial charge is 0.325 e. The fraction of sp³-hybridized carbons (Fsp3) is 0.353. The number of halogens is 1. The van der Waals surface area contributed by atoms with Crippen molar-refractivity contribution in [1.82, 2.24) is 4.98 Å². The maximum absolute atomic E-state index is 6.13. The van der Waals surface area contributed by atoms with Gasteiger partial charge in [-0.25, -0.2) is 0 Å². The number of nitrogens with zero attached hydrogens (tertiary/aromatic N) is 1. The van der Waals surface area contributed by atoms with Gasteiger partial charge in [0.05, 0.1) is 10.7 Å². The first-order chi connectivity index (χ1) is 9.90. The van der Waals surface area contributed by atoms with Crippen molar-refractivity contribution >= 4 is 23.4 Å². The Balaban J connectivity index is 2.01. The minimum atomic E-state index is 0.196. The highest BCUT2D eigenvalue weighted by Crippen LogP contribution is 2.27. The van der Waals surface area contributed by atoms with E-state index in [4.69, 9.17) is 17.3 Å². The molecular weight excluding hydrogens is 300 g/mol. The lowest BCUT2D eigenvalue weighted by Gasteiger charge is -2.19. The van der Waals surface area contributed by atoms with E-state index < -0.39 is 0 Å². The molecule has 2 aromatic rings. The molecule has 0 aliphatic heterocycles. The molecule has 2 N–H and O–H groups in total. The molecule has 0 unspecified atom stereocenters. The molecule has 0 saturated carbocycles. The molecule has 0 spiro atoms. The highest BCUT2D eigenvalue weighted by atomic mass is 35.5. The Kier molecular flexibility index (Phi) is 5.31. The lowest BCUT2D eigenvalue weighted by atomic mass is 9.87. The van der Waals surface area contributed by atoms with Gasteiger partial charge in [0.1, 0.15) is 0 Å². The zero-order valence-electron chi connectivity index (χ0n) is 12.7. The first kappa shape index (κ1) is 16.3. The van der Waals surface area contributed by atoms with Crippen LogP contribution in [-0.2, 0) is 17.7 Å². The van der Waals surface area contributed by atoms with Crippen LogP contribution in [0.15, 0.2) is 41.4 Å². The first-order valence-corrected chi connectivity index (χ1v) is 8.33. The normalized spacial score (nSPS) is 11.7. The highest BCUT2D eigenvalue weighted by Gasteiger charge is 2.12. The molecule has 1 heterocycles. The standard InChI is InChI=1S/C17H21ClN2S/c1-17(2,3)13-6-4-12(5-7-13)11-21-14-8-15(18)16(9-19)20-10-14/h4-8,10H,9,11,19H2,1-3H3. The summed E-state index contributed by atoms with van der Waals surface area (Å²) in [5, 5.41) is 0.644. The summed E-state index contributed by atoms with van der Waals surface area (Å²) < 4.78 is 0. The molecule has 0 atom stereocenters. The van der Waals surface area contributed by atoms with Crippen molar-refractivity contribution in [1.29, 1.82) is 0 Å². The Morgan fingerprint density at radius 1 is 1.19 bits per heavy atom. The summed E-state index contributed by atoms with van der Waals surface area (Å²) in [6.07, 6.45) is 1.84. The molecule has 0 aliphatic carbocycles. The van der Waals surface area contributed by atoms with Crippen LogP contribution >= 0.6 is 23.4 Å². The van der Waals surface area contributed by atoms with E-state index in [0.29, 0.717) is 11.6 Å². The maximum Gasteiger partial charge on any atom is 0.0726 e. The van der Waals surface area contributed by atoms with E-state index in [1.165, 1.54) is 11.1 Å². The minimum Gasteiger partial charge on any atom is -0.325 e. The van der Waals surface area contributed by atoms with Crippen molar-refractivity contribution in [2.24, 2.45) is 5.73 Å². The van der Waals surface area contributed by atoms with E-state index in [1.807, 2.05) is 12.3 Å². The third kappa shape index (κ3) is 4.47. The van der Waals surface area contributed by atoms with Crippen molar-refractivity contribution in [2.45, 2.75) is 43.4 Å². The van der Waals surface area contributed by atoms with Gasteiger partial charge in [-0.2, -0.15) is 0 Å². The molecule has 112 valence electrons. The number of nitrogens with two attached hydrogens (primary N) is 1. The number of hydrogen-bond donors (Lipinski definition) is 1. The average Bonchev–Trinajstić information content (AvgIpc) is 2.45. The van der Waals surface area contributed by atoms with Crippen LogP contribution in [0.25, 0.3) is 0 Å². The molecule has 4 heteroatoms. The van der Waals surface area contributed by atoms with Crippen LogP contribution in [0.5, 0.6) is 0 Å². The highest BCUT2D eigenvalue weighted by molar-refractivity contribution is 7.98. The second-order valence-corrected chi connectivity index (χ2v) is 7.50. The molecule has 0 fully saturated rings. The van der Waals surface area contributed by atoms with Gasteiger partial charge in [0.25, 0.3) is 0 Å². The molecule has 1 aromatic heterocycles. The van der Waals surface area contributed by atoms with Gasteiger partial charge < -0.3 is 5.73 Å². The maximum atomic E-state index is 6.13. The number of pyridine rings is 1. The van der Waals surface area contributed by atoms with Crippen molar-refractivity contribution in [3.05, 3.63) is 58.4 Å². The topological polar surface area (TPSA) is 38.9 Å². The second kappa shape index (κ2) is 6.82. The predicted octanol–water partition coefficient (Wildman–Crippen LogP) is 4.78. The van der Waals surface area contributed by atoms with Gasteiger partial charge in [0.2, 0.25) is 0 Å². The third-order valence-corrected chi connectivity index (χ3v) is 4.67. The Bertz CT molecular complexity index is 603. The minimum absolute atomic E-state index is 0.196. The molecule has 2 rings (SSSR count). The average molecular weight is 321 g/mol. The monoisotopic (exact) mass is 320 g/mol. The van der Waals surface area contributed by atoms with Crippen LogP contribution in [0.4, 0.5) is 0 Å². The Morgan fingerprint density at radius 3 is 2.38 bits per heavy atom. The zero-order chi connectivity index (χ0) is 15.5. The third-order valence-electron chi connectivity index (χ3n) is 3.31. The lowest BCUT2D eigenvalue weighted by Crippen LogP contribution is -2.10. The van der Waals surface area contributed by atoms with E-state index in [-0.39, 0.29) is 5.41 Å². The molecule has 0 aliphatic rings. The molecule has 0 saturated heterocycles. The van der Waals surface area contributed by atoms with Crippen LogP contribution in [0.2, 0.25) is 5.02 Å². The summed E-state index contributed by atoms with van der Waals surface area (Å²) in [5.41, 5.74) is 9.16. The fourth-order valence-corrected chi connectivity index (χ4v) is 3.11. The van der Waals surface area contributed by atoms with Gasteiger partial charge in [-0.15, -0.1) is 11.8 Å². The van der Waals surface area contributed by atoms with Gasteiger partial charge in [-0.1, -0.05) is 56.6 Å². The lowest BCUT2D eigenvalue weighted by molar-refractivity contribution is 0.590. The molecular formula is C17H21ClN2S. The SMILES string of the molecule is CC(C)(C)c1ccc(CSc2cnc(CN)c(Cl)c2)cc1. The predicted molar refractivity (Wildman–Crippen MR) is 91.8 cm³/mol. The number of aromatic nitrogens is 1.